The summed E-state index contributed by atoms with van der Waals surface area (Å²) in [4.78, 5) is 0. The van der Waals surface area contributed by atoms with Crippen molar-refractivity contribution < 1.29 is 0 Å². The highest BCUT2D eigenvalue weighted by atomic mass is 32.1. The normalized spacial score (nSPS) is 28.5. The van der Waals surface area contributed by atoms with E-state index in [4.69, 9.17) is 12.2 Å². The van der Waals surface area contributed by atoms with Crippen LogP contribution in [0.1, 0.15) is 6.42 Å². The third-order valence-electron chi connectivity index (χ3n) is 1.29. The van der Waals surface area contributed by atoms with Crippen molar-refractivity contribution in [3.63, 3.8) is 0 Å². The van der Waals surface area contributed by atoms with Gasteiger partial charge >= 0.3 is 0 Å². The first kappa shape index (κ1) is 5.92. The minimum atomic E-state index is 0.414. The van der Waals surface area contributed by atoms with Gasteiger partial charge in [0.1, 0.15) is 0 Å². The van der Waals surface area contributed by atoms with Gasteiger partial charge in [0.25, 0.3) is 0 Å². The fourth-order valence-corrected chi connectivity index (χ4v) is 1.02. The van der Waals surface area contributed by atoms with Crippen LogP contribution in [-0.2, 0) is 0 Å². The molecule has 0 aromatic carbocycles. The summed E-state index contributed by atoms with van der Waals surface area (Å²) in [7, 11) is 0. The van der Waals surface area contributed by atoms with E-state index in [0.29, 0.717) is 6.04 Å². The van der Waals surface area contributed by atoms with Gasteiger partial charge in [-0.25, -0.2) is 0 Å². The maximum atomic E-state index is 4.74. The minimum absolute atomic E-state index is 0.414. The lowest BCUT2D eigenvalue weighted by Gasteiger charge is -1.96. The molecule has 0 spiro atoms. The van der Waals surface area contributed by atoms with Crippen LogP contribution in [0.15, 0.2) is 12.2 Å². The number of rotatable bonds is 1. The lowest BCUT2D eigenvalue weighted by atomic mass is 10.2. The smallest absolute Gasteiger partial charge is 0.0394 e. The van der Waals surface area contributed by atoms with Crippen molar-refractivity contribution in [2.45, 2.75) is 12.5 Å². The highest BCUT2D eigenvalue weighted by molar-refractivity contribution is 7.79. The third-order valence-corrected chi connectivity index (χ3v) is 1.62. The van der Waals surface area contributed by atoms with E-state index in [2.05, 4.69) is 11.9 Å². The molecule has 2 heteroatoms. The van der Waals surface area contributed by atoms with E-state index in [1.807, 2.05) is 0 Å². The van der Waals surface area contributed by atoms with Crippen LogP contribution < -0.4 is 5.32 Å². The molecule has 1 unspecified atom stereocenters. The Hall–Kier alpha value is -0.210. The van der Waals surface area contributed by atoms with Crippen LogP contribution in [0, 0.1) is 0 Å². The van der Waals surface area contributed by atoms with Gasteiger partial charge in [0.05, 0.1) is 0 Å². The summed E-state index contributed by atoms with van der Waals surface area (Å²) in [5.41, 5.74) is 1.26. The molecule has 1 fully saturated rings. The summed E-state index contributed by atoms with van der Waals surface area (Å²) in [5.74, 6) is 0. The van der Waals surface area contributed by atoms with E-state index < -0.39 is 0 Å². The molecular weight excluding hydrogens is 118 g/mol. The molecule has 44 valence electrons. The molecule has 0 aromatic heterocycles. The van der Waals surface area contributed by atoms with Gasteiger partial charge < -0.3 is 5.32 Å². The van der Waals surface area contributed by atoms with E-state index in [1.54, 1.807) is 5.37 Å². The summed E-state index contributed by atoms with van der Waals surface area (Å²) in [6.07, 6.45) is 1.03. The van der Waals surface area contributed by atoms with E-state index in [0.717, 1.165) is 13.0 Å². The van der Waals surface area contributed by atoms with Gasteiger partial charge in [0.2, 0.25) is 0 Å². The Morgan fingerprint density at radius 2 is 2.62 bits per heavy atom. The summed E-state index contributed by atoms with van der Waals surface area (Å²) in [6.45, 7) is 4.77. The van der Waals surface area contributed by atoms with Crippen LogP contribution in [0.3, 0.4) is 0 Å². The second kappa shape index (κ2) is 2.37. The minimum Gasteiger partial charge on any atom is -0.306 e. The van der Waals surface area contributed by atoms with Crippen LogP contribution >= 0.6 is 12.2 Å². The molecule has 0 bridgehead atoms. The molecule has 1 aliphatic heterocycles. The van der Waals surface area contributed by atoms with Crippen molar-refractivity contribution in [1.29, 1.82) is 0 Å². The predicted molar refractivity (Wildman–Crippen MR) is 39.2 cm³/mol. The van der Waals surface area contributed by atoms with Crippen LogP contribution in [0.5, 0.6) is 0 Å². The third kappa shape index (κ3) is 1.14. The highest BCUT2D eigenvalue weighted by Gasteiger charge is 2.12. The molecule has 0 saturated carbocycles. The van der Waals surface area contributed by atoms with Gasteiger partial charge in [-0.05, 0) is 11.8 Å². The van der Waals surface area contributed by atoms with Gasteiger partial charge in [-0.2, -0.15) is 0 Å². The Morgan fingerprint density at radius 1 is 1.88 bits per heavy atom. The van der Waals surface area contributed by atoms with Gasteiger partial charge in [-0.15, -0.1) is 0 Å². The molecule has 1 nitrogen and oxygen atoms in total. The van der Waals surface area contributed by atoms with Crippen LogP contribution in [-0.4, -0.2) is 18.0 Å². The van der Waals surface area contributed by atoms with Crippen LogP contribution in [0.2, 0.25) is 0 Å². The standard InChI is InChI=1S/C6H9NS/c1-5-2-6(4-8)7-3-5/h4,6-7H,1-3H2. The molecule has 8 heavy (non-hydrogen) atoms. The van der Waals surface area contributed by atoms with Crippen LogP contribution in [0.25, 0.3) is 0 Å². The Balaban J connectivity index is 2.43. The lowest BCUT2D eigenvalue weighted by molar-refractivity contribution is 0.781. The molecule has 1 aliphatic rings. The van der Waals surface area contributed by atoms with Crippen molar-refractivity contribution in [3.8, 4) is 0 Å². The maximum absolute atomic E-state index is 4.74. The quantitative estimate of drug-likeness (QED) is 0.415. The first-order chi connectivity index (χ1) is 3.83. The van der Waals surface area contributed by atoms with Crippen molar-refractivity contribution in [2.75, 3.05) is 6.54 Å². The molecule has 1 N–H and O–H groups in total. The number of hydrogen-bond donors (Lipinski definition) is 1. The predicted octanol–water partition coefficient (Wildman–Crippen LogP) is 0.904. The Kier molecular flexibility index (Phi) is 1.76. The monoisotopic (exact) mass is 127 g/mol. The van der Waals surface area contributed by atoms with E-state index in [9.17, 15) is 0 Å². The molecule has 1 saturated heterocycles. The fraction of sp³-hybridized carbons (Fsp3) is 0.500. The molecule has 0 aromatic rings. The SMILES string of the molecule is C=C1CNC(C=S)C1. The Labute approximate surface area is 54.8 Å². The summed E-state index contributed by atoms with van der Waals surface area (Å²) >= 11 is 4.74. The molecule has 1 atom stereocenters. The Morgan fingerprint density at radius 3 is 2.88 bits per heavy atom. The second-order valence-electron chi connectivity index (χ2n) is 2.08. The topological polar surface area (TPSA) is 12.0 Å². The molecule has 1 rings (SSSR count). The van der Waals surface area contributed by atoms with Gasteiger partial charge in [0, 0.05) is 12.6 Å². The molecule has 0 radical (unpaired) electrons. The molecule has 0 amide bonds. The van der Waals surface area contributed by atoms with E-state index in [1.165, 1.54) is 5.57 Å². The average Bonchev–Trinajstić information content (AvgIpc) is 2.14. The number of nitrogens with one attached hydrogen (secondary N) is 1. The van der Waals surface area contributed by atoms with Gasteiger partial charge in [0.15, 0.2) is 0 Å². The largest absolute Gasteiger partial charge is 0.306 e. The molecular formula is C6H9NS. The zero-order chi connectivity index (χ0) is 5.98. The number of thiocarbonyl (C=S) groups is 1. The fourth-order valence-electron chi connectivity index (χ4n) is 0.827. The average molecular weight is 127 g/mol. The highest BCUT2D eigenvalue weighted by Crippen LogP contribution is 2.07. The first-order valence-electron chi connectivity index (χ1n) is 2.68. The lowest BCUT2D eigenvalue weighted by Crippen LogP contribution is -2.21. The summed E-state index contributed by atoms with van der Waals surface area (Å²) < 4.78 is 0. The number of hydrogen-bond acceptors (Lipinski definition) is 2. The summed E-state index contributed by atoms with van der Waals surface area (Å²) in [5, 5.41) is 4.96. The van der Waals surface area contributed by atoms with Crippen LogP contribution in [0.4, 0.5) is 0 Å². The van der Waals surface area contributed by atoms with Crippen molar-refractivity contribution in [1.82, 2.24) is 5.32 Å². The van der Waals surface area contributed by atoms with Gasteiger partial charge in [-0.3, -0.25) is 0 Å². The van der Waals surface area contributed by atoms with E-state index in [-0.39, 0.29) is 0 Å². The molecule has 1 heterocycles. The zero-order valence-electron chi connectivity index (χ0n) is 4.68. The summed E-state index contributed by atoms with van der Waals surface area (Å²) in [6, 6.07) is 0.414. The zero-order valence-corrected chi connectivity index (χ0v) is 5.50. The molecule has 0 aliphatic carbocycles. The maximum Gasteiger partial charge on any atom is 0.0394 e. The second-order valence-corrected chi connectivity index (χ2v) is 2.35. The van der Waals surface area contributed by atoms with Gasteiger partial charge in [-0.1, -0.05) is 24.4 Å². The van der Waals surface area contributed by atoms with Crippen molar-refractivity contribution >= 4 is 17.6 Å². The first-order valence-corrected chi connectivity index (χ1v) is 3.15. The van der Waals surface area contributed by atoms with Crippen molar-refractivity contribution in [2.24, 2.45) is 0 Å². The van der Waals surface area contributed by atoms with E-state index >= 15 is 0 Å². The van der Waals surface area contributed by atoms with Crippen molar-refractivity contribution in [3.05, 3.63) is 12.2 Å². The Bertz CT molecular complexity index is 120.